The van der Waals surface area contributed by atoms with Crippen LogP contribution in [0.3, 0.4) is 0 Å². The molecule has 0 N–H and O–H groups in total. The van der Waals surface area contributed by atoms with E-state index in [1.54, 1.807) is 0 Å². The first-order valence-corrected chi connectivity index (χ1v) is 19.4. The number of hydrogen-bond donors (Lipinski definition) is 0. The van der Waals surface area contributed by atoms with E-state index >= 15 is 0 Å². The molecular weight excluding hydrogens is 683 g/mol. The van der Waals surface area contributed by atoms with Crippen LogP contribution in [0.1, 0.15) is 17.5 Å². The Morgan fingerprint density at radius 3 is 1.88 bits per heavy atom. The van der Waals surface area contributed by atoms with Gasteiger partial charge in [-0.2, -0.15) is 0 Å². The van der Waals surface area contributed by atoms with Crippen molar-refractivity contribution < 1.29 is 4.42 Å². The Kier molecular flexibility index (Phi) is 6.72. The van der Waals surface area contributed by atoms with Crippen molar-refractivity contribution in [1.82, 2.24) is 9.13 Å². The lowest BCUT2D eigenvalue weighted by Gasteiger charge is -2.26. The normalized spacial score (nSPS) is 12.8. The number of fused-ring (bicyclic) bond motifs is 10. The molecule has 264 valence electrons. The van der Waals surface area contributed by atoms with Gasteiger partial charge >= 0.3 is 0 Å². The number of furan rings is 1. The number of aromatic nitrogens is 2. The Balaban J connectivity index is 1.08. The molecule has 0 aliphatic heterocycles. The molecule has 0 radical (unpaired) electrons. The average molecular weight is 718 g/mol. The summed E-state index contributed by atoms with van der Waals surface area (Å²) in [5.74, 6) is 0. The molecule has 0 atom stereocenters. The van der Waals surface area contributed by atoms with Gasteiger partial charge in [0.05, 0.1) is 27.8 Å². The van der Waals surface area contributed by atoms with Crippen LogP contribution in [-0.4, -0.2) is 9.13 Å². The van der Waals surface area contributed by atoms with Gasteiger partial charge in [0, 0.05) is 55.1 Å². The summed E-state index contributed by atoms with van der Waals surface area (Å²) in [4.78, 5) is 2.36. The topological polar surface area (TPSA) is 26.2 Å². The van der Waals surface area contributed by atoms with Gasteiger partial charge in [0.15, 0.2) is 5.58 Å². The van der Waals surface area contributed by atoms with E-state index in [0.29, 0.717) is 0 Å². The van der Waals surface area contributed by atoms with Gasteiger partial charge in [-0.3, -0.25) is 0 Å². The van der Waals surface area contributed by atoms with E-state index in [4.69, 9.17) is 4.42 Å². The molecule has 56 heavy (non-hydrogen) atoms. The quantitative estimate of drug-likeness (QED) is 0.177. The summed E-state index contributed by atoms with van der Waals surface area (Å²) in [5.41, 5.74) is 14.7. The van der Waals surface area contributed by atoms with Crippen LogP contribution in [0, 0.1) is 0 Å². The van der Waals surface area contributed by atoms with Crippen LogP contribution in [-0.2, 0) is 6.42 Å². The fourth-order valence-corrected chi connectivity index (χ4v) is 9.22. The van der Waals surface area contributed by atoms with Crippen molar-refractivity contribution in [3.63, 3.8) is 0 Å². The van der Waals surface area contributed by atoms with Crippen molar-refractivity contribution >= 4 is 88.7 Å². The predicted octanol–water partition coefficient (Wildman–Crippen LogP) is 14.2. The monoisotopic (exact) mass is 717 g/mol. The third kappa shape index (κ3) is 4.59. The minimum atomic E-state index is 0.866. The fraction of sp³-hybridized carbons (Fsp3) is 0.0385. The Labute approximate surface area is 323 Å². The molecule has 3 heterocycles. The predicted molar refractivity (Wildman–Crippen MR) is 234 cm³/mol. The van der Waals surface area contributed by atoms with Gasteiger partial charge in [-0.25, -0.2) is 0 Å². The van der Waals surface area contributed by atoms with E-state index in [1.807, 2.05) is 6.07 Å². The highest BCUT2D eigenvalue weighted by atomic mass is 16.3. The number of nitrogens with zero attached hydrogens (tertiary/aromatic N) is 3. The zero-order valence-electron chi connectivity index (χ0n) is 30.6. The lowest BCUT2D eigenvalue weighted by atomic mass is 9.95. The molecule has 4 heteroatoms. The molecule has 1 aliphatic carbocycles. The molecule has 8 aromatic carbocycles. The number of para-hydroxylation sites is 5. The summed E-state index contributed by atoms with van der Waals surface area (Å²) in [6, 6.07) is 63.7. The zero-order chi connectivity index (χ0) is 36.7. The SMILES string of the molecule is C1=Cc2cc3c4ccccc4n(-c4ccc(N(c5ccc6c(c5)c5ccccc5n6-c5ccccc5)c5cccc6c5oc5ccccc56)cc4)c3cc2CC1. The van der Waals surface area contributed by atoms with Gasteiger partial charge in [0.25, 0.3) is 0 Å². The van der Waals surface area contributed by atoms with Gasteiger partial charge in [-0.1, -0.05) is 97.1 Å². The van der Waals surface area contributed by atoms with Gasteiger partial charge < -0.3 is 18.5 Å². The van der Waals surface area contributed by atoms with Gasteiger partial charge in [0.2, 0.25) is 0 Å². The number of aryl methyl sites for hydroxylation is 1. The summed E-state index contributed by atoms with van der Waals surface area (Å²) < 4.78 is 11.5. The lowest BCUT2D eigenvalue weighted by Crippen LogP contribution is -2.10. The maximum absolute atomic E-state index is 6.70. The highest BCUT2D eigenvalue weighted by Crippen LogP contribution is 2.45. The molecule has 0 saturated heterocycles. The van der Waals surface area contributed by atoms with E-state index < -0.39 is 0 Å². The third-order valence-corrected chi connectivity index (χ3v) is 11.7. The molecule has 0 bridgehead atoms. The van der Waals surface area contributed by atoms with Crippen molar-refractivity contribution in [2.75, 3.05) is 4.90 Å². The molecule has 4 nitrogen and oxygen atoms in total. The van der Waals surface area contributed by atoms with Crippen LogP contribution in [0.4, 0.5) is 17.1 Å². The Morgan fingerprint density at radius 2 is 1.07 bits per heavy atom. The summed E-state index contributed by atoms with van der Waals surface area (Å²) >= 11 is 0. The van der Waals surface area contributed by atoms with Crippen molar-refractivity contribution in [2.45, 2.75) is 12.8 Å². The minimum Gasteiger partial charge on any atom is -0.454 e. The lowest BCUT2D eigenvalue weighted by molar-refractivity contribution is 0.669. The Bertz CT molecular complexity index is 3360. The van der Waals surface area contributed by atoms with E-state index in [2.05, 4.69) is 196 Å². The van der Waals surface area contributed by atoms with E-state index in [0.717, 1.165) is 63.2 Å². The minimum absolute atomic E-state index is 0.866. The van der Waals surface area contributed by atoms with Gasteiger partial charge in [-0.05, 0) is 115 Å². The second-order valence-corrected chi connectivity index (χ2v) is 14.9. The number of rotatable bonds is 5. The summed E-state index contributed by atoms with van der Waals surface area (Å²) in [6.45, 7) is 0. The summed E-state index contributed by atoms with van der Waals surface area (Å²) in [7, 11) is 0. The van der Waals surface area contributed by atoms with Crippen LogP contribution >= 0.6 is 0 Å². The first-order valence-electron chi connectivity index (χ1n) is 19.4. The standard InChI is InChI=1S/C52H35N3O/c1-2-15-36(16-3-1)54-46-21-9-7-18-41(46)45-33-39(29-30-48(45)54)53(49-23-12-20-43-42-19-8-11-24-51(42)56-52(43)49)37-25-27-38(28-26-37)55-47-22-10-6-17-40(47)44-31-34-13-4-5-14-35(34)32-50(44)55/h1-4,6-13,15-33H,5,14H2. The molecule has 1 aliphatic rings. The third-order valence-electron chi connectivity index (χ3n) is 11.7. The van der Waals surface area contributed by atoms with Crippen LogP contribution in [0.25, 0.3) is 83.0 Å². The smallest absolute Gasteiger partial charge is 0.159 e. The van der Waals surface area contributed by atoms with Gasteiger partial charge in [-0.15, -0.1) is 0 Å². The molecule has 0 unspecified atom stereocenters. The van der Waals surface area contributed by atoms with Crippen molar-refractivity contribution in [3.8, 4) is 11.4 Å². The molecule has 0 fully saturated rings. The van der Waals surface area contributed by atoms with Crippen LogP contribution in [0.15, 0.2) is 186 Å². The second-order valence-electron chi connectivity index (χ2n) is 14.9. The summed E-state index contributed by atoms with van der Waals surface area (Å²) in [5, 5.41) is 7.19. The molecular formula is C52H35N3O. The molecule has 0 amide bonds. The van der Waals surface area contributed by atoms with Gasteiger partial charge in [0.1, 0.15) is 5.58 Å². The maximum atomic E-state index is 6.70. The number of hydrogen-bond acceptors (Lipinski definition) is 2. The Morgan fingerprint density at radius 1 is 0.446 bits per heavy atom. The molecule has 12 rings (SSSR count). The summed E-state index contributed by atoms with van der Waals surface area (Å²) in [6.07, 6.45) is 6.73. The first-order chi connectivity index (χ1) is 27.8. The molecule has 0 spiro atoms. The van der Waals surface area contributed by atoms with Crippen molar-refractivity contribution in [1.29, 1.82) is 0 Å². The van der Waals surface area contributed by atoms with Crippen LogP contribution in [0.2, 0.25) is 0 Å². The first kappa shape index (κ1) is 31.1. The highest BCUT2D eigenvalue weighted by Gasteiger charge is 2.22. The van der Waals surface area contributed by atoms with Crippen LogP contribution < -0.4 is 4.90 Å². The molecule has 0 saturated carbocycles. The van der Waals surface area contributed by atoms with Crippen molar-refractivity contribution in [3.05, 3.63) is 193 Å². The number of allylic oxidation sites excluding steroid dienone is 1. The Hall–Kier alpha value is -7.30. The molecule has 3 aromatic heterocycles. The zero-order valence-corrected chi connectivity index (χ0v) is 30.6. The van der Waals surface area contributed by atoms with Crippen LogP contribution in [0.5, 0.6) is 0 Å². The van der Waals surface area contributed by atoms with Crippen molar-refractivity contribution in [2.24, 2.45) is 0 Å². The largest absolute Gasteiger partial charge is 0.454 e. The molecule has 11 aromatic rings. The number of anilines is 3. The van der Waals surface area contributed by atoms with E-state index in [1.165, 1.54) is 54.7 Å². The highest BCUT2D eigenvalue weighted by molar-refractivity contribution is 6.13. The van der Waals surface area contributed by atoms with E-state index in [9.17, 15) is 0 Å². The number of benzene rings is 8. The maximum Gasteiger partial charge on any atom is 0.159 e. The van der Waals surface area contributed by atoms with E-state index in [-0.39, 0.29) is 0 Å². The average Bonchev–Trinajstić information content (AvgIpc) is 3.91. The fourth-order valence-electron chi connectivity index (χ4n) is 9.22. The second kappa shape index (κ2) is 12.1.